The predicted octanol–water partition coefficient (Wildman–Crippen LogP) is 2.23. The van der Waals surface area contributed by atoms with Crippen LogP contribution in [-0.2, 0) is 0 Å². The van der Waals surface area contributed by atoms with Crippen molar-refractivity contribution in [3.05, 3.63) is 35.4 Å². The summed E-state index contributed by atoms with van der Waals surface area (Å²) in [7, 11) is 0. The first-order chi connectivity index (χ1) is 9.13. The van der Waals surface area contributed by atoms with Crippen molar-refractivity contribution in [2.45, 2.75) is 51.2 Å². The predicted molar refractivity (Wildman–Crippen MR) is 79.0 cm³/mol. The van der Waals surface area contributed by atoms with Crippen LogP contribution in [0.5, 0.6) is 0 Å². The van der Waals surface area contributed by atoms with E-state index >= 15 is 0 Å². The molecule has 0 aromatic heterocycles. The second-order valence-corrected chi connectivity index (χ2v) is 5.79. The van der Waals surface area contributed by atoms with Crippen LogP contribution >= 0.6 is 0 Å². The van der Waals surface area contributed by atoms with Crippen LogP contribution in [0.4, 0.5) is 0 Å². The van der Waals surface area contributed by atoms with Crippen LogP contribution in [0.25, 0.3) is 0 Å². The second-order valence-electron chi connectivity index (χ2n) is 5.79. The number of hydrogen-bond donors (Lipinski definition) is 2. The summed E-state index contributed by atoms with van der Waals surface area (Å²) < 4.78 is 0. The first kappa shape index (κ1) is 14.5. The van der Waals surface area contributed by atoms with Crippen molar-refractivity contribution in [1.29, 1.82) is 0 Å². The topological polar surface area (TPSA) is 49.5 Å². The summed E-state index contributed by atoms with van der Waals surface area (Å²) in [6.07, 6.45) is 3.48. The highest BCUT2D eigenvalue weighted by atomic mass is 16.3. The van der Waals surface area contributed by atoms with Crippen LogP contribution < -0.4 is 5.73 Å². The Bertz CT molecular complexity index is 405. The summed E-state index contributed by atoms with van der Waals surface area (Å²) in [5.74, 6) is 0. The van der Waals surface area contributed by atoms with Crippen LogP contribution in [0.1, 0.15) is 43.4 Å². The van der Waals surface area contributed by atoms with Gasteiger partial charge in [-0.1, -0.05) is 36.2 Å². The molecule has 0 radical (unpaired) electrons. The molecule has 1 fully saturated rings. The number of nitrogens with two attached hydrogens (primary N) is 1. The van der Waals surface area contributed by atoms with Gasteiger partial charge in [0.15, 0.2) is 0 Å². The van der Waals surface area contributed by atoms with E-state index in [2.05, 4.69) is 43.0 Å². The van der Waals surface area contributed by atoms with Crippen molar-refractivity contribution in [2.75, 3.05) is 13.2 Å². The molecule has 3 unspecified atom stereocenters. The Morgan fingerprint density at radius 1 is 1.42 bits per heavy atom. The van der Waals surface area contributed by atoms with Gasteiger partial charge in [0.2, 0.25) is 0 Å². The lowest BCUT2D eigenvalue weighted by molar-refractivity contribution is 0.0444. The van der Waals surface area contributed by atoms with Gasteiger partial charge in [0.25, 0.3) is 0 Å². The van der Waals surface area contributed by atoms with E-state index in [4.69, 9.17) is 5.73 Å². The molecule has 106 valence electrons. The lowest BCUT2D eigenvalue weighted by atomic mass is 9.92. The van der Waals surface area contributed by atoms with Crippen LogP contribution in [-0.4, -0.2) is 35.2 Å². The molecule has 3 nitrogen and oxygen atoms in total. The molecule has 1 heterocycles. The van der Waals surface area contributed by atoms with E-state index in [-0.39, 0.29) is 24.7 Å². The van der Waals surface area contributed by atoms with E-state index in [9.17, 15) is 5.11 Å². The molecule has 1 saturated heterocycles. The van der Waals surface area contributed by atoms with Gasteiger partial charge in [0, 0.05) is 18.1 Å². The number of aryl methyl sites for hydroxylation is 1. The molecule has 0 spiro atoms. The SMILES string of the molecule is Cc1cccc(C(C(C)N)N2CCCCC2CO)c1. The monoisotopic (exact) mass is 262 g/mol. The van der Waals surface area contributed by atoms with Gasteiger partial charge in [-0.25, -0.2) is 0 Å². The lowest BCUT2D eigenvalue weighted by Gasteiger charge is -2.42. The first-order valence-corrected chi connectivity index (χ1v) is 7.32. The van der Waals surface area contributed by atoms with E-state index in [0.29, 0.717) is 0 Å². The Balaban J connectivity index is 2.28. The van der Waals surface area contributed by atoms with Gasteiger partial charge in [0.05, 0.1) is 6.61 Å². The molecule has 1 aromatic rings. The Kier molecular flexibility index (Phi) is 4.97. The Morgan fingerprint density at radius 3 is 2.84 bits per heavy atom. The molecule has 1 aliphatic heterocycles. The maximum Gasteiger partial charge on any atom is 0.0587 e. The summed E-state index contributed by atoms with van der Waals surface area (Å²) >= 11 is 0. The molecule has 1 aromatic carbocycles. The van der Waals surface area contributed by atoms with Gasteiger partial charge in [0.1, 0.15) is 0 Å². The molecular formula is C16H26N2O. The Hall–Kier alpha value is -0.900. The van der Waals surface area contributed by atoms with Gasteiger partial charge >= 0.3 is 0 Å². The van der Waals surface area contributed by atoms with E-state index < -0.39 is 0 Å². The fourth-order valence-electron chi connectivity index (χ4n) is 3.24. The number of nitrogens with zero attached hydrogens (tertiary/aromatic N) is 1. The van der Waals surface area contributed by atoms with Crippen molar-refractivity contribution in [1.82, 2.24) is 4.90 Å². The molecule has 3 heteroatoms. The van der Waals surface area contributed by atoms with Crippen molar-refractivity contribution < 1.29 is 5.11 Å². The summed E-state index contributed by atoms with van der Waals surface area (Å²) in [4.78, 5) is 2.41. The zero-order chi connectivity index (χ0) is 13.8. The highest BCUT2D eigenvalue weighted by Gasteiger charge is 2.31. The van der Waals surface area contributed by atoms with Crippen LogP contribution in [0, 0.1) is 6.92 Å². The van der Waals surface area contributed by atoms with Crippen LogP contribution in [0.2, 0.25) is 0 Å². The molecular weight excluding hydrogens is 236 g/mol. The van der Waals surface area contributed by atoms with Crippen LogP contribution in [0.3, 0.4) is 0 Å². The summed E-state index contributed by atoms with van der Waals surface area (Å²) in [6.45, 7) is 5.44. The minimum absolute atomic E-state index is 0.0638. The molecule has 1 aliphatic rings. The van der Waals surface area contributed by atoms with E-state index in [1.807, 2.05) is 0 Å². The van der Waals surface area contributed by atoms with Crippen molar-refractivity contribution in [3.8, 4) is 0 Å². The normalized spacial score (nSPS) is 24.1. The van der Waals surface area contributed by atoms with Crippen LogP contribution in [0.15, 0.2) is 24.3 Å². The van der Waals surface area contributed by atoms with E-state index in [1.165, 1.54) is 24.0 Å². The standard InChI is InChI=1S/C16H26N2O/c1-12-6-5-7-14(10-12)16(13(2)17)18-9-4-3-8-15(18)11-19/h5-7,10,13,15-16,19H,3-4,8-9,11,17H2,1-2H3. The number of benzene rings is 1. The second kappa shape index (κ2) is 6.51. The average Bonchev–Trinajstić information content (AvgIpc) is 2.39. The minimum Gasteiger partial charge on any atom is -0.395 e. The largest absolute Gasteiger partial charge is 0.395 e. The Morgan fingerprint density at radius 2 is 2.21 bits per heavy atom. The highest BCUT2D eigenvalue weighted by molar-refractivity contribution is 5.26. The smallest absolute Gasteiger partial charge is 0.0587 e. The van der Waals surface area contributed by atoms with Gasteiger partial charge in [-0.05, 0) is 38.8 Å². The molecule has 2 rings (SSSR count). The van der Waals surface area contributed by atoms with Crippen molar-refractivity contribution >= 4 is 0 Å². The number of rotatable bonds is 4. The van der Waals surface area contributed by atoms with Gasteiger partial charge in [-0.15, -0.1) is 0 Å². The maximum atomic E-state index is 9.61. The number of piperidine rings is 1. The molecule has 0 amide bonds. The summed E-state index contributed by atoms with van der Waals surface area (Å²) in [5, 5.41) is 9.61. The first-order valence-electron chi connectivity index (χ1n) is 7.32. The van der Waals surface area contributed by atoms with E-state index in [1.54, 1.807) is 0 Å². The fourth-order valence-corrected chi connectivity index (χ4v) is 3.24. The third kappa shape index (κ3) is 3.35. The quantitative estimate of drug-likeness (QED) is 0.875. The number of aliphatic hydroxyl groups excluding tert-OH is 1. The van der Waals surface area contributed by atoms with Crippen molar-refractivity contribution in [3.63, 3.8) is 0 Å². The number of aliphatic hydroxyl groups is 1. The molecule has 0 saturated carbocycles. The van der Waals surface area contributed by atoms with Gasteiger partial charge in [-0.3, -0.25) is 4.90 Å². The zero-order valence-electron chi connectivity index (χ0n) is 12.0. The highest BCUT2D eigenvalue weighted by Crippen LogP contribution is 2.30. The Labute approximate surface area is 116 Å². The zero-order valence-corrected chi connectivity index (χ0v) is 12.0. The maximum absolute atomic E-state index is 9.61. The summed E-state index contributed by atoms with van der Waals surface area (Å²) in [5.41, 5.74) is 8.78. The molecule has 3 N–H and O–H groups in total. The molecule has 3 atom stereocenters. The molecule has 0 aliphatic carbocycles. The van der Waals surface area contributed by atoms with Gasteiger partial charge in [-0.2, -0.15) is 0 Å². The number of hydrogen-bond acceptors (Lipinski definition) is 3. The molecule has 19 heavy (non-hydrogen) atoms. The third-order valence-corrected chi connectivity index (χ3v) is 4.12. The van der Waals surface area contributed by atoms with E-state index in [0.717, 1.165) is 13.0 Å². The minimum atomic E-state index is 0.0638. The molecule has 0 bridgehead atoms. The fraction of sp³-hybridized carbons (Fsp3) is 0.625. The average molecular weight is 262 g/mol. The lowest BCUT2D eigenvalue weighted by Crippen LogP contribution is -2.49. The number of likely N-dealkylation sites (tertiary alicyclic amines) is 1. The van der Waals surface area contributed by atoms with Crippen molar-refractivity contribution in [2.24, 2.45) is 5.73 Å². The third-order valence-electron chi connectivity index (χ3n) is 4.12. The summed E-state index contributed by atoms with van der Waals surface area (Å²) in [6, 6.07) is 9.11. The van der Waals surface area contributed by atoms with Gasteiger partial charge < -0.3 is 10.8 Å².